The summed E-state index contributed by atoms with van der Waals surface area (Å²) < 4.78 is 12.2. The lowest BCUT2D eigenvalue weighted by Crippen LogP contribution is -2.13. The molecule has 0 saturated carbocycles. The van der Waals surface area contributed by atoms with Crippen LogP contribution in [-0.4, -0.2) is 13.0 Å². The second-order valence-corrected chi connectivity index (χ2v) is 7.43. The minimum Gasteiger partial charge on any atom is -0.496 e. The zero-order valence-electron chi connectivity index (χ0n) is 16.1. The quantitative estimate of drug-likeness (QED) is 0.519. The fraction of sp³-hybridized carbons (Fsp3) is 0.174. The van der Waals surface area contributed by atoms with Crippen LogP contribution in [0.1, 0.15) is 27.0 Å². The van der Waals surface area contributed by atoms with Gasteiger partial charge >= 0.3 is 0 Å². The first-order chi connectivity index (χ1) is 13.5. The minimum absolute atomic E-state index is 0.192. The van der Waals surface area contributed by atoms with E-state index < -0.39 is 0 Å². The van der Waals surface area contributed by atoms with Crippen LogP contribution in [0, 0.1) is 13.8 Å². The largest absolute Gasteiger partial charge is 0.496 e. The summed E-state index contributed by atoms with van der Waals surface area (Å²) in [6.07, 6.45) is 0. The molecular weight excluding hydrogens is 418 g/mol. The maximum absolute atomic E-state index is 12.7. The van der Waals surface area contributed by atoms with E-state index in [0.29, 0.717) is 17.9 Å². The molecule has 0 unspecified atom stereocenters. The van der Waals surface area contributed by atoms with E-state index in [1.807, 2.05) is 50.2 Å². The van der Waals surface area contributed by atoms with Crippen molar-refractivity contribution in [1.82, 2.24) is 0 Å². The van der Waals surface area contributed by atoms with E-state index >= 15 is 0 Å². The van der Waals surface area contributed by atoms with Crippen molar-refractivity contribution in [2.75, 3.05) is 12.4 Å². The van der Waals surface area contributed by atoms with Crippen molar-refractivity contribution in [3.05, 3.63) is 87.4 Å². The molecule has 28 heavy (non-hydrogen) atoms. The lowest BCUT2D eigenvalue weighted by atomic mass is 10.1. The van der Waals surface area contributed by atoms with E-state index in [1.54, 1.807) is 25.3 Å². The number of hydrogen-bond acceptors (Lipinski definition) is 3. The summed E-state index contributed by atoms with van der Waals surface area (Å²) in [5, 5.41) is 2.91. The molecule has 5 heteroatoms. The van der Waals surface area contributed by atoms with Gasteiger partial charge in [-0.25, -0.2) is 0 Å². The van der Waals surface area contributed by atoms with E-state index in [-0.39, 0.29) is 5.91 Å². The highest BCUT2D eigenvalue weighted by Crippen LogP contribution is 2.25. The monoisotopic (exact) mass is 439 g/mol. The molecule has 0 saturated heterocycles. The van der Waals surface area contributed by atoms with Crippen molar-refractivity contribution < 1.29 is 14.3 Å². The van der Waals surface area contributed by atoms with E-state index in [1.165, 1.54) is 0 Å². The molecule has 3 aromatic rings. The second kappa shape index (κ2) is 8.93. The third kappa shape index (κ3) is 4.93. The fourth-order valence-corrected chi connectivity index (χ4v) is 3.35. The molecule has 0 aliphatic carbocycles. The number of amides is 1. The number of halogens is 1. The SMILES string of the molecule is COc1ccc(C(=O)Nc2ccccc2Br)cc1COc1cc(C)cc(C)c1. The van der Waals surface area contributed by atoms with Gasteiger partial charge < -0.3 is 14.8 Å². The molecule has 0 aliphatic heterocycles. The Bertz CT molecular complexity index is 981. The standard InChI is InChI=1S/C23H22BrNO3/c1-15-10-16(2)12-19(11-15)28-14-18-13-17(8-9-22(18)27-3)23(26)25-21-7-5-4-6-20(21)24/h4-13H,14H2,1-3H3,(H,25,26). The number of carbonyl (C=O) groups is 1. The van der Waals surface area contributed by atoms with E-state index in [9.17, 15) is 4.79 Å². The summed E-state index contributed by atoms with van der Waals surface area (Å²) in [6, 6.07) is 18.9. The van der Waals surface area contributed by atoms with E-state index in [4.69, 9.17) is 9.47 Å². The summed E-state index contributed by atoms with van der Waals surface area (Å²) >= 11 is 3.44. The highest BCUT2D eigenvalue weighted by atomic mass is 79.9. The minimum atomic E-state index is -0.192. The Morgan fingerprint density at radius 1 is 1.00 bits per heavy atom. The predicted octanol–water partition coefficient (Wildman–Crippen LogP) is 5.91. The molecule has 0 aromatic heterocycles. The number of methoxy groups -OCH3 is 1. The molecule has 0 bridgehead atoms. The number of hydrogen-bond donors (Lipinski definition) is 1. The van der Waals surface area contributed by atoms with Gasteiger partial charge in [0.1, 0.15) is 18.1 Å². The van der Waals surface area contributed by atoms with Crippen LogP contribution in [0.25, 0.3) is 0 Å². The molecule has 0 aliphatic rings. The number of carbonyl (C=O) groups excluding carboxylic acids is 1. The van der Waals surface area contributed by atoms with Gasteiger partial charge in [0.25, 0.3) is 5.91 Å². The zero-order valence-corrected chi connectivity index (χ0v) is 17.7. The first-order valence-electron chi connectivity index (χ1n) is 8.90. The van der Waals surface area contributed by atoms with Gasteiger partial charge in [0, 0.05) is 15.6 Å². The van der Waals surface area contributed by atoms with Crippen LogP contribution in [0.5, 0.6) is 11.5 Å². The lowest BCUT2D eigenvalue weighted by molar-refractivity contribution is 0.102. The van der Waals surface area contributed by atoms with E-state index in [2.05, 4.69) is 27.3 Å². The van der Waals surface area contributed by atoms with Crippen molar-refractivity contribution >= 4 is 27.5 Å². The van der Waals surface area contributed by atoms with Crippen molar-refractivity contribution in [2.45, 2.75) is 20.5 Å². The van der Waals surface area contributed by atoms with Gasteiger partial charge in [-0.05, 0) is 83.4 Å². The van der Waals surface area contributed by atoms with Crippen molar-refractivity contribution in [3.63, 3.8) is 0 Å². The van der Waals surface area contributed by atoms with Crippen LogP contribution in [0.3, 0.4) is 0 Å². The van der Waals surface area contributed by atoms with Gasteiger partial charge in [-0.1, -0.05) is 18.2 Å². The van der Waals surface area contributed by atoms with Crippen LogP contribution in [0.15, 0.2) is 65.1 Å². The van der Waals surface area contributed by atoms with Crippen LogP contribution in [-0.2, 0) is 6.61 Å². The molecule has 1 amide bonds. The van der Waals surface area contributed by atoms with Gasteiger partial charge in [-0.3, -0.25) is 4.79 Å². The Labute approximate surface area is 173 Å². The molecule has 1 N–H and O–H groups in total. The fourth-order valence-electron chi connectivity index (χ4n) is 2.97. The van der Waals surface area contributed by atoms with Crippen molar-refractivity contribution in [3.8, 4) is 11.5 Å². The highest BCUT2D eigenvalue weighted by molar-refractivity contribution is 9.10. The van der Waals surface area contributed by atoms with Gasteiger partial charge in [-0.2, -0.15) is 0 Å². The molecule has 4 nitrogen and oxygen atoms in total. The molecule has 0 atom stereocenters. The number of aryl methyl sites for hydroxylation is 2. The molecular formula is C23H22BrNO3. The second-order valence-electron chi connectivity index (χ2n) is 6.57. The van der Waals surface area contributed by atoms with Gasteiger partial charge in [0.15, 0.2) is 0 Å². The van der Waals surface area contributed by atoms with E-state index in [0.717, 1.165) is 32.6 Å². The third-order valence-electron chi connectivity index (χ3n) is 4.25. The predicted molar refractivity (Wildman–Crippen MR) is 115 cm³/mol. The average Bonchev–Trinajstić information content (AvgIpc) is 2.67. The molecule has 3 aromatic carbocycles. The number of anilines is 1. The number of ether oxygens (including phenoxy) is 2. The Morgan fingerprint density at radius 2 is 1.71 bits per heavy atom. The Balaban J connectivity index is 1.79. The number of nitrogens with one attached hydrogen (secondary N) is 1. The lowest BCUT2D eigenvalue weighted by Gasteiger charge is -2.13. The Hall–Kier alpha value is -2.79. The van der Waals surface area contributed by atoms with Gasteiger partial charge in [0.2, 0.25) is 0 Å². The first kappa shape index (κ1) is 20.0. The smallest absolute Gasteiger partial charge is 0.255 e. The van der Waals surface area contributed by atoms with Crippen molar-refractivity contribution in [1.29, 1.82) is 0 Å². The number of benzene rings is 3. The summed E-state index contributed by atoms with van der Waals surface area (Å²) in [5.41, 5.74) is 4.35. The van der Waals surface area contributed by atoms with Crippen LogP contribution in [0.4, 0.5) is 5.69 Å². The molecule has 0 heterocycles. The molecule has 0 radical (unpaired) electrons. The summed E-state index contributed by atoms with van der Waals surface area (Å²) in [5.74, 6) is 1.28. The summed E-state index contributed by atoms with van der Waals surface area (Å²) in [7, 11) is 1.61. The number of rotatable bonds is 6. The summed E-state index contributed by atoms with van der Waals surface area (Å²) in [4.78, 5) is 12.7. The number of para-hydroxylation sites is 1. The highest BCUT2D eigenvalue weighted by Gasteiger charge is 2.12. The Kier molecular flexibility index (Phi) is 6.37. The third-order valence-corrected chi connectivity index (χ3v) is 4.95. The zero-order chi connectivity index (χ0) is 20.1. The topological polar surface area (TPSA) is 47.6 Å². The Morgan fingerprint density at radius 3 is 2.39 bits per heavy atom. The van der Waals surface area contributed by atoms with Crippen LogP contribution >= 0.6 is 15.9 Å². The van der Waals surface area contributed by atoms with Crippen molar-refractivity contribution in [2.24, 2.45) is 0 Å². The maximum atomic E-state index is 12.7. The maximum Gasteiger partial charge on any atom is 0.255 e. The molecule has 0 spiro atoms. The normalized spacial score (nSPS) is 10.4. The molecule has 144 valence electrons. The summed E-state index contributed by atoms with van der Waals surface area (Å²) in [6.45, 7) is 4.38. The first-order valence-corrected chi connectivity index (χ1v) is 9.69. The van der Waals surface area contributed by atoms with Gasteiger partial charge in [-0.15, -0.1) is 0 Å². The molecule has 3 rings (SSSR count). The van der Waals surface area contributed by atoms with Crippen LogP contribution < -0.4 is 14.8 Å². The van der Waals surface area contributed by atoms with Crippen LogP contribution in [0.2, 0.25) is 0 Å². The average molecular weight is 440 g/mol. The molecule has 0 fully saturated rings. The van der Waals surface area contributed by atoms with Gasteiger partial charge in [0.05, 0.1) is 12.8 Å².